The number of alkyl halides is 2. The highest BCUT2D eigenvalue weighted by Gasteiger charge is 2.19. The van der Waals surface area contributed by atoms with Crippen LogP contribution in [0.5, 0.6) is 0 Å². The molecule has 0 atom stereocenters. The SMILES string of the molecule is O=C(Cl)c1cc(Br)c(C(F)F)c(Cl)n1. The molecule has 1 heterocycles. The molecule has 0 aliphatic heterocycles. The van der Waals surface area contributed by atoms with Crippen LogP contribution < -0.4 is 0 Å². The summed E-state index contributed by atoms with van der Waals surface area (Å²) in [5.74, 6) is 0. The fourth-order valence-corrected chi connectivity index (χ4v) is 1.85. The Hall–Kier alpha value is -0.260. The topological polar surface area (TPSA) is 30.0 Å². The van der Waals surface area contributed by atoms with Gasteiger partial charge in [0.25, 0.3) is 11.7 Å². The third kappa shape index (κ3) is 2.40. The molecular formula is C7H2BrCl2F2NO. The van der Waals surface area contributed by atoms with Crippen LogP contribution in [0.15, 0.2) is 10.5 Å². The predicted octanol–water partition coefficient (Wildman–Crippen LogP) is 3.81. The Morgan fingerprint density at radius 1 is 1.57 bits per heavy atom. The molecule has 14 heavy (non-hydrogen) atoms. The Kier molecular flexibility index (Phi) is 3.80. The summed E-state index contributed by atoms with van der Waals surface area (Å²) in [7, 11) is 0. The van der Waals surface area contributed by atoms with Crippen molar-refractivity contribution in [1.82, 2.24) is 4.98 Å². The number of nitrogens with zero attached hydrogens (tertiary/aromatic N) is 1. The second-order valence-electron chi connectivity index (χ2n) is 2.27. The molecule has 0 fully saturated rings. The van der Waals surface area contributed by atoms with Crippen molar-refractivity contribution in [3.63, 3.8) is 0 Å². The van der Waals surface area contributed by atoms with E-state index in [0.29, 0.717) is 0 Å². The smallest absolute Gasteiger partial charge is 0.270 e. The van der Waals surface area contributed by atoms with Crippen LogP contribution in [-0.4, -0.2) is 10.2 Å². The summed E-state index contributed by atoms with van der Waals surface area (Å²) in [5.41, 5.74) is -0.624. The van der Waals surface area contributed by atoms with Crippen LogP contribution >= 0.6 is 39.1 Å². The van der Waals surface area contributed by atoms with Crippen LogP contribution in [0.3, 0.4) is 0 Å². The molecule has 1 rings (SSSR count). The molecule has 0 aromatic carbocycles. The minimum Gasteiger partial charge on any atom is -0.274 e. The Morgan fingerprint density at radius 2 is 2.14 bits per heavy atom. The van der Waals surface area contributed by atoms with Gasteiger partial charge in [0.15, 0.2) is 0 Å². The average molecular weight is 305 g/mol. The fourth-order valence-electron chi connectivity index (χ4n) is 0.790. The molecule has 1 aromatic heterocycles. The van der Waals surface area contributed by atoms with E-state index in [1.807, 2.05) is 0 Å². The van der Waals surface area contributed by atoms with E-state index in [-0.39, 0.29) is 10.2 Å². The summed E-state index contributed by atoms with van der Waals surface area (Å²) in [5, 5.41) is -1.29. The minimum absolute atomic E-state index is 0.0106. The fraction of sp³-hybridized carbons (Fsp3) is 0.143. The van der Waals surface area contributed by atoms with Crippen molar-refractivity contribution in [2.24, 2.45) is 0 Å². The van der Waals surface area contributed by atoms with Crippen molar-refractivity contribution in [1.29, 1.82) is 0 Å². The van der Waals surface area contributed by atoms with E-state index in [1.165, 1.54) is 0 Å². The molecule has 0 amide bonds. The number of hydrogen-bond acceptors (Lipinski definition) is 2. The zero-order valence-corrected chi connectivity index (χ0v) is 9.50. The molecule has 0 bridgehead atoms. The van der Waals surface area contributed by atoms with Crippen LogP contribution in [0.25, 0.3) is 0 Å². The summed E-state index contributed by atoms with van der Waals surface area (Å²) >= 11 is 13.4. The number of halogens is 5. The van der Waals surface area contributed by atoms with Gasteiger partial charge in [-0.05, 0) is 17.7 Å². The van der Waals surface area contributed by atoms with E-state index in [1.54, 1.807) is 0 Å². The van der Waals surface area contributed by atoms with Crippen molar-refractivity contribution in [2.75, 3.05) is 0 Å². The lowest BCUT2D eigenvalue weighted by Crippen LogP contribution is -1.99. The maximum atomic E-state index is 12.3. The Morgan fingerprint density at radius 3 is 2.50 bits per heavy atom. The summed E-state index contributed by atoms with van der Waals surface area (Å²) in [6.45, 7) is 0. The first kappa shape index (κ1) is 11.8. The molecule has 0 aliphatic carbocycles. The van der Waals surface area contributed by atoms with Crippen molar-refractivity contribution < 1.29 is 13.6 Å². The van der Waals surface area contributed by atoms with Crippen molar-refractivity contribution >= 4 is 44.4 Å². The third-order valence-corrected chi connectivity index (χ3v) is 2.52. The largest absolute Gasteiger partial charge is 0.274 e. The average Bonchev–Trinajstić information content (AvgIpc) is 2.01. The van der Waals surface area contributed by atoms with Gasteiger partial charge >= 0.3 is 0 Å². The summed E-state index contributed by atoms with van der Waals surface area (Å²) < 4.78 is 24.7. The van der Waals surface area contributed by atoms with Gasteiger partial charge in [-0.15, -0.1) is 0 Å². The molecule has 0 radical (unpaired) electrons. The summed E-state index contributed by atoms with van der Waals surface area (Å²) in [4.78, 5) is 14.1. The number of carbonyl (C=O) groups excluding carboxylic acids is 1. The Balaban J connectivity index is 3.32. The summed E-state index contributed by atoms with van der Waals surface area (Å²) in [6.07, 6.45) is -2.76. The van der Waals surface area contributed by atoms with Crippen molar-refractivity contribution in [3.05, 3.63) is 26.9 Å². The Labute approximate surface area is 96.3 Å². The van der Waals surface area contributed by atoms with E-state index in [9.17, 15) is 13.6 Å². The lowest BCUT2D eigenvalue weighted by molar-refractivity contribution is 0.107. The first-order chi connectivity index (χ1) is 6.43. The Bertz CT molecular complexity index is 363. The standard InChI is InChI=1S/C7H2BrCl2F2NO/c8-2-1-3(6(10)14)13-5(9)4(2)7(11)12/h1,7H. The highest BCUT2D eigenvalue weighted by molar-refractivity contribution is 9.10. The monoisotopic (exact) mass is 303 g/mol. The molecule has 2 nitrogen and oxygen atoms in total. The van der Waals surface area contributed by atoms with Gasteiger partial charge in [-0.25, -0.2) is 13.8 Å². The molecular weight excluding hydrogens is 303 g/mol. The predicted molar refractivity (Wildman–Crippen MR) is 52.1 cm³/mol. The molecule has 7 heteroatoms. The quantitative estimate of drug-likeness (QED) is 0.614. The highest BCUT2D eigenvalue weighted by atomic mass is 79.9. The van der Waals surface area contributed by atoms with E-state index in [2.05, 4.69) is 20.9 Å². The van der Waals surface area contributed by atoms with Gasteiger partial charge in [-0.2, -0.15) is 0 Å². The maximum Gasteiger partial charge on any atom is 0.270 e. The number of pyridine rings is 1. The molecule has 0 aliphatic rings. The van der Waals surface area contributed by atoms with E-state index in [4.69, 9.17) is 23.2 Å². The van der Waals surface area contributed by atoms with Gasteiger partial charge in [-0.1, -0.05) is 27.5 Å². The van der Waals surface area contributed by atoms with Crippen molar-refractivity contribution in [2.45, 2.75) is 6.43 Å². The van der Waals surface area contributed by atoms with E-state index < -0.39 is 22.4 Å². The van der Waals surface area contributed by atoms with Gasteiger partial charge in [0.1, 0.15) is 10.8 Å². The van der Waals surface area contributed by atoms with Gasteiger partial charge in [0.2, 0.25) is 0 Å². The van der Waals surface area contributed by atoms with Crippen LogP contribution in [0.4, 0.5) is 8.78 Å². The zero-order valence-electron chi connectivity index (χ0n) is 6.40. The van der Waals surface area contributed by atoms with E-state index in [0.717, 1.165) is 6.07 Å². The van der Waals surface area contributed by atoms with E-state index >= 15 is 0 Å². The molecule has 0 spiro atoms. The third-order valence-electron chi connectivity index (χ3n) is 1.38. The van der Waals surface area contributed by atoms with Gasteiger partial charge in [0, 0.05) is 4.47 Å². The normalized spacial score (nSPS) is 10.7. The van der Waals surface area contributed by atoms with Crippen LogP contribution in [0.2, 0.25) is 5.15 Å². The van der Waals surface area contributed by atoms with Crippen LogP contribution in [0.1, 0.15) is 22.5 Å². The van der Waals surface area contributed by atoms with Crippen LogP contribution in [0, 0.1) is 0 Å². The van der Waals surface area contributed by atoms with Gasteiger partial charge < -0.3 is 0 Å². The number of aromatic nitrogens is 1. The van der Waals surface area contributed by atoms with Gasteiger partial charge in [-0.3, -0.25) is 4.79 Å². The minimum atomic E-state index is -2.76. The molecule has 0 unspecified atom stereocenters. The second kappa shape index (κ2) is 4.51. The first-order valence-corrected chi connectivity index (χ1v) is 4.82. The van der Waals surface area contributed by atoms with Crippen LogP contribution in [-0.2, 0) is 0 Å². The lowest BCUT2D eigenvalue weighted by Gasteiger charge is -2.05. The number of hydrogen-bond donors (Lipinski definition) is 0. The number of carbonyl (C=O) groups is 1. The molecule has 76 valence electrons. The lowest BCUT2D eigenvalue weighted by atomic mass is 10.2. The van der Waals surface area contributed by atoms with Crippen molar-refractivity contribution in [3.8, 4) is 0 Å². The molecule has 0 N–H and O–H groups in total. The maximum absolute atomic E-state index is 12.3. The zero-order chi connectivity index (χ0) is 10.9. The molecule has 1 aromatic rings. The number of rotatable bonds is 2. The highest BCUT2D eigenvalue weighted by Crippen LogP contribution is 2.33. The first-order valence-electron chi connectivity index (χ1n) is 3.27. The molecule has 0 saturated carbocycles. The summed E-state index contributed by atoms with van der Waals surface area (Å²) in [6, 6.07) is 1.10. The van der Waals surface area contributed by atoms with Gasteiger partial charge in [0.05, 0.1) is 5.56 Å². The second-order valence-corrected chi connectivity index (χ2v) is 3.82. The molecule has 0 saturated heterocycles.